The van der Waals surface area contributed by atoms with E-state index >= 15 is 0 Å². The van der Waals surface area contributed by atoms with Gasteiger partial charge in [-0.05, 0) is 18.4 Å². The third-order valence-electron chi connectivity index (χ3n) is 3.45. The molecular formula is C17H21N3O5S. The summed E-state index contributed by atoms with van der Waals surface area (Å²) in [6.45, 7) is 3.46. The molecule has 1 atom stereocenters. The molecule has 9 heteroatoms. The van der Waals surface area contributed by atoms with E-state index < -0.39 is 17.9 Å². The van der Waals surface area contributed by atoms with Crippen molar-refractivity contribution >= 4 is 29.1 Å². The van der Waals surface area contributed by atoms with Crippen molar-refractivity contribution in [1.29, 1.82) is 0 Å². The van der Waals surface area contributed by atoms with Crippen LogP contribution in [0, 0.1) is 5.92 Å². The molecule has 2 aromatic heterocycles. The maximum absolute atomic E-state index is 11.9. The lowest BCUT2D eigenvalue weighted by atomic mass is 10.0. The molecule has 0 aliphatic heterocycles. The molecule has 0 radical (unpaired) electrons. The zero-order valence-corrected chi connectivity index (χ0v) is 15.3. The molecule has 0 spiro atoms. The number of nitrogens with one attached hydrogen (secondary N) is 2. The van der Waals surface area contributed by atoms with Gasteiger partial charge in [0.1, 0.15) is 17.3 Å². The third-order valence-corrected chi connectivity index (χ3v) is 4.39. The lowest BCUT2D eigenvalue weighted by Crippen LogP contribution is -2.46. The molecule has 0 aliphatic carbocycles. The predicted octanol–water partition coefficient (Wildman–Crippen LogP) is 1.68. The molecule has 2 rings (SSSR count). The number of hydrogen-bond donors (Lipinski definition) is 3. The van der Waals surface area contributed by atoms with Gasteiger partial charge in [0.25, 0.3) is 0 Å². The number of thiazole rings is 1. The fourth-order valence-corrected chi connectivity index (χ4v) is 3.06. The van der Waals surface area contributed by atoms with Crippen molar-refractivity contribution in [1.82, 2.24) is 15.6 Å². The summed E-state index contributed by atoms with van der Waals surface area (Å²) < 4.78 is 5.00. The highest BCUT2D eigenvalue weighted by molar-refractivity contribution is 7.13. The Morgan fingerprint density at radius 1 is 1.31 bits per heavy atom. The maximum atomic E-state index is 11.9. The number of aromatic nitrogens is 1. The van der Waals surface area contributed by atoms with Gasteiger partial charge < -0.3 is 20.2 Å². The number of rotatable bonds is 9. The molecular weight excluding hydrogens is 358 g/mol. The molecule has 3 N–H and O–H groups in total. The number of aliphatic carboxylic acids is 1. The SMILES string of the molecule is CC(C)C[C@H](NC(=O)CNC(=O)Cc1csc(-c2ccoc2)n1)C(=O)O. The first kappa shape index (κ1) is 19.6. The molecule has 2 amide bonds. The molecule has 0 aromatic carbocycles. The molecule has 0 bridgehead atoms. The van der Waals surface area contributed by atoms with Crippen molar-refractivity contribution in [3.63, 3.8) is 0 Å². The van der Waals surface area contributed by atoms with Crippen molar-refractivity contribution < 1.29 is 23.9 Å². The van der Waals surface area contributed by atoms with Crippen LogP contribution in [0.4, 0.5) is 0 Å². The van der Waals surface area contributed by atoms with Crippen LogP contribution in [-0.4, -0.2) is 40.5 Å². The van der Waals surface area contributed by atoms with Crippen LogP contribution in [0.25, 0.3) is 10.6 Å². The standard InChI is InChI=1S/C17H21N3O5S/c1-10(2)5-13(17(23)24)20-15(22)7-18-14(21)6-12-9-26-16(19-12)11-3-4-25-8-11/h3-4,8-10,13H,5-7H2,1-2H3,(H,18,21)(H,20,22)(H,23,24)/t13-/m0/s1. The Bertz CT molecular complexity index is 754. The van der Waals surface area contributed by atoms with E-state index in [0.717, 1.165) is 10.6 Å². The van der Waals surface area contributed by atoms with E-state index in [1.165, 1.54) is 11.3 Å². The quantitative estimate of drug-likeness (QED) is 0.609. The molecule has 0 saturated carbocycles. The Balaban J connectivity index is 1.79. The number of amides is 2. The van der Waals surface area contributed by atoms with Crippen molar-refractivity contribution in [2.75, 3.05) is 6.54 Å². The number of hydrogen-bond acceptors (Lipinski definition) is 6. The van der Waals surface area contributed by atoms with E-state index in [1.54, 1.807) is 24.0 Å². The first-order valence-corrected chi connectivity index (χ1v) is 8.99. The molecule has 140 valence electrons. The lowest BCUT2D eigenvalue weighted by Gasteiger charge is -2.16. The van der Waals surface area contributed by atoms with Crippen molar-refractivity contribution in [3.05, 3.63) is 29.7 Å². The van der Waals surface area contributed by atoms with Crippen molar-refractivity contribution in [2.45, 2.75) is 32.7 Å². The molecule has 8 nitrogen and oxygen atoms in total. The van der Waals surface area contributed by atoms with Gasteiger partial charge in [-0.15, -0.1) is 11.3 Å². The number of carbonyl (C=O) groups excluding carboxylic acids is 2. The van der Waals surface area contributed by atoms with E-state index in [2.05, 4.69) is 15.6 Å². The first-order chi connectivity index (χ1) is 12.3. The number of nitrogens with zero attached hydrogens (tertiary/aromatic N) is 1. The zero-order chi connectivity index (χ0) is 19.1. The van der Waals surface area contributed by atoms with Crippen LogP contribution >= 0.6 is 11.3 Å². The molecule has 26 heavy (non-hydrogen) atoms. The minimum atomic E-state index is -1.09. The smallest absolute Gasteiger partial charge is 0.326 e. The highest BCUT2D eigenvalue weighted by Crippen LogP contribution is 2.23. The zero-order valence-electron chi connectivity index (χ0n) is 14.5. The molecule has 2 heterocycles. The van der Waals surface area contributed by atoms with Crippen LogP contribution < -0.4 is 10.6 Å². The van der Waals surface area contributed by atoms with Gasteiger partial charge in [-0.1, -0.05) is 13.8 Å². The maximum Gasteiger partial charge on any atom is 0.326 e. The summed E-state index contributed by atoms with van der Waals surface area (Å²) >= 11 is 1.40. The van der Waals surface area contributed by atoms with E-state index in [-0.39, 0.29) is 24.8 Å². The van der Waals surface area contributed by atoms with Crippen molar-refractivity contribution in [3.8, 4) is 10.6 Å². The minimum absolute atomic E-state index is 0.0377. The first-order valence-electron chi connectivity index (χ1n) is 8.11. The second-order valence-electron chi connectivity index (χ2n) is 6.20. The van der Waals surface area contributed by atoms with Gasteiger partial charge in [0.05, 0.1) is 24.9 Å². The largest absolute Gasteiger partial charge is 0.480 e. The fourth-order valence-electron chi connectivity index (χ4n) is 2.25. The Kier molecular flexibility index (Phi) is 6.90. The molecule has 0 fully saturated rings. The molecule has 0 aliphatic rings. The second-order valence-corrected chi connectivity index (χ2v) is 7.06. The van der Waals surface area contributed by atoms with E-state index in [4.69, 9.17) is 9.52 Å². The molecule has 0 unspecified atom stereocenters. The van der Waals surface area contributed by atoms with Crippen LogP contribution in [0.2, 0.25) is 0 Å². The van der Waals surface area contributed by atoms with E-state index in [0.29, 0.717) is 12.1 Å². The van der Waals surface area contributed by atoms with Gasteiger partial charge in [0.2, 0.25) is 11.8 Å². The number of carboxylic acids is 1. The Hall–Kier alpha value is -2.68. The van der Waals surface area contributed by atoms with Gasteiger partial charge in [0, 0.05) is 10.9 Å². The summed E-state index contributed by atoms with van der Waals surface area (Å²) in [7, 11) is 0. The summed E-state index contributed by atoms with van der Waals surface area (Å²) in [6, 6.07) is 0.818. The Labute approximate surface area is 154 Å². The molecule has 2 aromatic rings. The van der Waals surface area contributed by atoms with Crippen LogP contribution in [0.15, 0.2) is 28.4 Å². The van der Waals surface area contributed by atoms with Crippen molar-refractivity contribution in [2.24, 2.45) is 5.92 Å². The average Bonchev–Trinajstić information content (AvgIpc) is 3.22. The van der Waals surface area contributed by atoms with E-state index in [9.17, 15) is 14.4 Å². The average molecular weight is 379 g/mol. The monoisotopic (exact) mass is 379 g/mol. The summed E-state index contributed by atoms with van der Waals surface area (Å²) in [4.78, 5) is 39.3. The van der Waals surface area contributed by atoms with Gasteiger partial charge >= 0.3 is 5.97 Å². The van der Waals surface area contributed by atoms with Crippen LogP contribution in [0.5, 0.6) is 0 Å². The summed E-state index contributed by atoms with van der Waals surface area (Å²) in [6.07, 6.45) is 3.48. The summed E-state index contributed by atoms with van der Waals surface area (Å²) in [5.41, 5.74) is 1.43. The van der Waals surface area contributed by atoms with Gasteiger partial charge in [-0.2, -0.15) is 0 Å². The number of carbonyl (C=O) groups is 3. The van der Waals surface area contributed by atoms with Gasteiger partial charge in [0.15, 0.2) is 0 Å². The minimum Gasteiger partial charge on any atom is -0.480 e. The topological polar surface area (TPSA) is 122 Å². The highest BCUT2D eigenvalue weighted by atomic mass is 32.1. The normalized spacial score (nSPS) is 12.0. The van der Waals surface area contributed by atoms with Crippen LogP contribution in [0.3, 0.4) is 0 Å². The number of furan rings is 1. The second kappa shape index (κ2) is 9.14. The molecule has 0 saturated heterocycles. The lowest BCUT2D eigenvalue weighted by molar-refractivity contribution is -0.142. The van der Waals surface area contributed by atoms with Gasteiger partial charge in [-0.3, -0.25) is 9.59 Å². The summed E-state index contributed by atoms with van der Waals surface area (Å²) in [5.74, 6) is -1.86. The van der Waals surface area contributed by atoms with Gasteiger partial charge in [-0.25, -0.2) is 9.78 Å². The van der Waals surface area contributed by atoms with Crippen LogP contribution in [-0.2, 0) is 20.8 Å². The van der Waals surface area contributed by atoms with E-state index in [1.807, 2.05) is 13.8 Å². The fraction of sp³-hybridized carbons (Fsp3) is 0.412. The highest BCUT2D eigenvalue weighted by Gasteiger charge is 2.21. The summed E-state index contributed by atoms with van der Waals surface area (Å²) in [5, 5.41) is 16.5. The third kappa shape index (κ3) is 5.99. The Morgan fingerprint density at radius 2 is 2.08 bits per heavy atom. The predicted molar refractivity (Wildman–Crippen MR) is 95.6 cm³/mol. The van der Waals surface area contributed by atoms with Crippen LogP contribution in [0.1, 0.15) is 26.0 Å². The Morgan fingerprint density at radius 3 is 2.69 bits per heavy atom. The number of carboxylic acid groups (broad SMARTS) is 1.